The number of amides is 3. The monoisotopic (exact) mass is 465 g/mol. The van der Waals surface area contributed by atoms with Gasteiger partial charge in [0.25, 0.3) is 0 Å². The lowest BCUT2D eigenvalue weighted by atomic mass is 10.2. The van der Waals surface area contributed by atoms with Crippen LogP contribution in [-0.2, 0) is 17.9 Å². The van der Waals surface area contributed by atoms with Crippen molar-refractivity contribution in [2.75, 3.05) is 32.6 Å². The molecule has 0 aliphatic heterocycles. The molecule has 3 aromatic rings. The van der Waals surface area contributed by atoms with E-state index in [0.717, 1.165) is 5.56 Å². The van der Waals surface area contributed by atoms with Crippen LogP contribution in [0.3, 0.4) is 0 Å². The van der Waals surface area contributed by atoms with E-state index in [1.165, 1.54) is 12.0 Å². The number of ether oxygens (including phenoxy) is 2. The molecule has 0 spiro atoms. The van der Waals surface area contributed by atoms with Crippen LogP contribution >= 0.6 is 0 Å². The van der Waals surface area contributed by atoms with Gasteiger partial charge in [0.2, 0.25) is 5.91 Å². The van der Waals surface area contributed by atoms with Crippen molar-refractivity contribution >= 4 is 17.6 Å². The number of hydrogen-bond donors (Lipinski definition) is 1. The fraction of sp³-hybridized carbons (Fsp3) is 0.308. The standard InChI is InChI=1S/C26H31N3O5/c1-4-14-28(26(31)27-23-13-12-21(32-2)16-24(23)33-3)19-25(30)29(18-22-11-8-15-34-22)17-20-9-6-5-7-10-20/h5-13,15-16H,4,14,17-19H2,1-3H3,(H,27,31). The predicted molar refractivity (Wildman–Crippen MR) is 130 cm³/mol. The van der Waals surface area contributed by atoms with Gasteiger partial charge in [0.05, 0.1) is 32.7 Å². The molecule has 0 radical (unpaired) electrons. The van der Waals surface area contributed by atoms with Crippen LogP contribution in [0.5, 0.6) is 11.5 Å². The minimum Gasteiger partial charge on any atom is -0.497 e. The number of hydrogen-bond acceptors (Lipinski definition) is 5. The van der Waals surface area contributed by atoms with Crippen LogP contribution in [0.25, 0.3) is 0 Å². The number of urea groups is 1. The Hall–Kier alpha value is -3.94. The van der Waals surface area contributed by atoms with Gasteiger partial charge in [-0.2, -0.15) is 0 Å². The molecule has 0 fully saturated rings. The Labute approximate surface area is 200 Å². The maximum Gasteiger partial charge on any atom is 0.322 e. The lowest BCUT2D eigenvalue weighted by Crippen LogP contribution is -2.44. The Morgan fingerprint density at radius 2 is 1.74 bits per heavy atom. The Bertz CT molecular complexity index is 1050. The molecular weight excluding hydrogens is 434 g/mol. The van der Waals surface area contributed by atoms with Gasteiger partial charge in [0, 0.05) is 19.2 Å². The predicted octanol–water partition coefficient (Wildman–Crippen LogP) is 4.77. The fourth-order valence-corrected chi connectivity index (χ4v) is 3.51. The lowest BCUT2D eigenvalue weighted by molar-refractivity contribution is -0.133. The highest BCUT2D eigenvalue weighted by Gasteiger charge is 2.23. The second-order valence-corrected chi connectivity index (χ2v) is 7.73. The molecule has 0 saturated heterocycles. The van der Waals surface area contributed by atoms with Crippen LogP contribution in [-0.4, -0.2) is 49.0 Å². The maximum atomic E-state index is 13.3. The highest BCUT2D eigenvalue weighted by Crippen LogP contribution is 2.29. The third-order valence-corrected chi connectivity index (χ3v) is 5.25. The Balaban J connectivity index is 1.74. The second kappa shape index (κ2) is 12.3. The smallest absolute Gasteiger partial charge is 0.322 e. The number of methoxy groups -OCH3 is 2. The first-order valence-corrected chi connectivity index (χ1v) is 11.2. The number of nitrogens with zero attached hydrogens (tertiary/aromatic N) is 2. The zero-order valence-corrected chi connectivity index (χ0v) is 19.8. The van der Waals surface area contributed by atoms with Gasteiger partial charge in [0.15, 0.2) is 0 Å². The maximum absolute atomic E-state index is 13.3. The van der Waals surface area contributed by atoms with E-state index in [-0.39, 0.29) is 18.5 Å². The summed E-state index contributed by atoms with van der Waals surface area (Å²) in [6.07, 6.45) is 2.29. The topological polar surface area (TPSA) is 84.3 Å². The number of furan rings is 1. The molecule has 8 heteroatoms. The Morgan fingerprint density at radius 1 is 0.941 bits per heavy atom. The van der Waals surface area contributed by atoms with Crippen LogP contribution in [0.1, 0.15) is 24.7 Å². The summed E-state index contributed by atoms with van der Waals surface area (Å²) in [4.78, 5) is 29.6. The van der Waals surface area contributed by atoms with Gasteiger partial charge in [-0.3, -0.25) is 4.79 Å². The van der Waals surface area contributed by atoms with Gasteiger partial charge in [-0.25, -0.2) is 4.79 Å². The highest BCUT2D eigenvalue weighted by molar-refractivity contribution is 5.93. The third-order valence-electron chi connectivity index (χ3n) is 5.25. The molecule has 3 rings (SSSR count). The SMILES string of the molecule is CCCN(CC(=O)N(Cc1ccccc1)Cc1ccco1)C(=O)Nc1ccc(OC)cc1OC. The molecule has 0 bridgehead atoms. The molecule has 0 aliphatic carbocycles. The van der Waals surface area contributed by atoms with E-state index in [4.69, 9.17) is 13.9 Å². The molecule has 3 amide bonds. The number of rotatable bonds is 11. The molecule has 180 valence electrons. The summed E-state index contributed by atoms with van der Waals surface area (Å²) in [6.45, 7) is 3.05. The van der Waals surface area contributed by atoms with Crippen molar-refractivity contribution in [2.45, 2.75) is 26.4 Å². The van der Waals surface area contributed by atoms with E-state index < -0.39 is 0 Å². The molecule has 8 nitrogen and oxygen atoms in total. The van der Waals surface area contributed by atoms with Gasteiger partial charge in [-0.15, -0.1) is 0 Å². The molecule has 1 heterocycles. The molecule has 1 aromatic heterocycles. The molecule has 0 atom stereocenters. The van der Waals surface area contributed by atoms with Crippen molar-refractivity contribution < 1.29 is 23.5 Å². The summed E-state index contributed by atoms with van der Waals surface area (Å²) in [6, 6.07) is 18.1. The largest absolute Gasteiger partial charge is 0.497 e. The fourth-order valence-electron chi connectivity index (χ4n) is 3.51. The number of nitrogens with one attached hydrogen (secondary N) is 1. The van der Waals surface area contributed by atoms with Gasteiger partial charge in [-0.1, -0.05) is 37.3 Å². The number of carbonyl (C=O) groups excluding carboxylic acids is 2. The van der Waals surface area contributed by atoms with Crippen molar-refractivity contribution in [3.05, 3.63) is 78.3 Å². The first-order chi connectivity index (χ1) is 16.5. The van der Waals surface area contributed by atoms with Crippen LogP contribution in [0, 0.1) is 0 Å². The Kier molecular flexibility index (Phi) is 8.96. The van der Waals surface area contributed by atoms with E-state index in [1.54, 1.807) is 42.5 Å². The van der Waals surface area contributed by atoms with Gasteiger partial charge < -0.3 is 29.0 Å². The summed E-state index contributed by atoms with van der Waals surface area (Å²) in [5.74, 6) is 1.59. The van der Waals surface area contributed by atoms with Gasteiger partial charge in [-0.05, 0) is 36.2 Å². The number of anilines is 1. The quantitative estimate of drug-likeness (QED) is 0.441. The van der Waals surface area contributed by atoms with E-state index >= 15 is 0 Å². The van der Waals surface area contributed by atoms with Crippen LogP contribution in [0.2, 0.25) is 0 Å². The lowest BCUT2D eigenvalue weighted by Gasteiger charge is -2.27. The van der Waals surface area contributed by atoms with Crippen LogP contribution in [0.15, 0.2) is 71.3 Å². The highest BCUT2D eigenvalue weighted by atomic mass is 16.5. The van der Waals surface area contributed by atoms with E-state index in [9.17, 15) is 9.59 Å². The third kappa shape index (κ3) is 6.78. The first kappa shape index (κ1) is 24.7. The van der Waals surface area contributed by atoms with Gasteiger partial charge >= 0.3 is 6.03 Å². The Morgan fingerprint density at radius 3 is 2.38 bits per heavy atom. The number of carbonyl (C=O) groups is 2. The molecule has 0 aliphatic rings. The molecule has 0 unspecified atom stereocenters. The molecule has 34 heavy (non-hydrogen) atoms. The molecule has 1 N–H and O–H groups in total. The van der Waals surface area contributed by atoms with E-state index in [0.29, 0.717) is 49.0 Å². The van der Waals surface area contributed by atoms with Gasteiger partial charge in [0.1, 0.15) is 23.8 Å². The van der Waals surface area contributed by atoms with Crippen LogP contribution < -0.4 is 14.8 Å². The summed E-state index contributed by atoms with van der Waals surface area (Å²) in [7, 11) is 3.08. The summed E-state index contributed by atoms with van der Waals surface area (Å²) in [5.41, 5.74) is 1.50. The summed E-state index contributed by atoms with van der Waals surface area (Å²) in [5, 5.41) is 2.85. The summed E-state index contributed by atoms with van der Waals surface area (Å²) < 4.78 is 16.1. The van der Waals surface area contributed by atoms with Crippen molar-refractivity contribution in [1.82, 2.24) is 9.80 Å². The molecule has 2 aromatic carbocycles. The minimum atomic E-state index is -0.378. The first-order valence-electron chi connectivity index (χ1n) is 11.2. The van der Waals surface area contributed by atoms with Crippen LogP contribution in [0.4, 0.5) is 10.5 Å². The molecule has 0 saturated carbocycles. The van der Waals surface area contributed by atoms with E-state index in [2.05, 4.69) is 5.32 Å². The summed E-state index contributed by atoms with van der Waals surface area (Å²) >= 11 is 0. The zero-order valence-electron chi connectivity index (χ0n) is 19.8. The average molecular weight is 466 g/mol. The average Bonchev–Trinajstić information content (AvgIpc) is 3.37. The normalized spacial score (nSPS) is 10.4. The van der Waals surface area contributed by atoms with E-state index in [1.807, 2.05) is 43.3 Å². The van der Waals surface area contributed by atoms with Crippen molar-refractivity contribution in [2.24, 2.45) is 0 Å². The zero-order chi connectivity index (χ0) is 24.3. The van der Waals surface area contributed by atoms with Crippen molar-refractivity contribution in [3.8, 4) is 11.5 Å². The molecular formula is C26H31N3O5. The second-order valence-electron chi connectivity index (χ2n) is 7.73. The minimum absolute atomic E-state index is 0.0638. The van der Waals surface area contributed by atoms with Crippen molar-refractivity contribution in [1.29, 1.82) is 0 Å². The van der Waals surface area contributed by atoms with Crippen molar-refractivity contribution in [3.63, 3.8) is 0 Å². The number of benzene rings is 2.